The number of piperidine rings is 1. The van der Waals surface area contributed by atoms with Crippen LogP contribution in [0.1, 0.15) is 66.2 Å². The Bertz CT molecular complexity index is 730. The zero-order chi connectivity index (χ0) is 24.3. The van der Waals surface area contributed by atoms with Crippen LogP contribution >= 0.6 is 0 Å². The SMILES string of the molecule is CN1CCC(C#N)(NC(=O)[C@H](CC2CC(C)(C)CC(C)(C)C2)OC(=O)N2CCOCC2)CC1. The molecule has 2 saturated heterocycles. The Morgan fingerprint density at radius 3 is 2.21 bits per heavy atom. The van der Waals surface area contributed by atoms with Crippen LogP contribution in [-0.2, 0) is 14.3 Å². The summed E-state index contributed by atoms with van der Waals surface area (Å²) in [4.78, 5) is 30.1. The van der Waals surface area contributed by atoms with E-state index >= 15 is 0 Å². The largest absolute Gasteiger partial charge is 0.436 e. The molecule has 2 heterocycles. The Morgan fingerprint density at radius 1 is 1.09 bits per heavy atom. The molecule has 2 amide bonds. The lowest BCUT2D eigenvalue weighted by Crippen LogP contribution is -2.57. The van der Waals surface area contributed by atoms with Gasteiger partial charge in [-0.15, -0.1) is 0 Å². The Hall–Kier alpha value is -1.85. The van der Waals surface area contributed by atoms with Crippen LogP contribution in [-0.4, -0.2) is 79.9 Å². The van der Waals surface area contributed by atoms with Crippen molar-refractivity contribution >= 4 is 12.0 Å². The summed E-state index contributed by atoms with van der Waals surface area (Å²) in [5.74, 6) is -0.0728. The molecular formula is C25H42N4O4. The van der Waals surface area contributed by atoms with Crippen LogP contribution in [0.4, 0.5) is 4.79 Å². The van der Waals surface area contributed by atoms with Crippen molar-refractivity contribution < 1.29 is 19.1 Å². The number of carbonyl (C=O) groups is 2. The molecule has 1 N–H and O–H groups in total. The fraction of sp³-hybridized carbons (Fsp3) is 0.880. The minimum atomic E-state index is -0.904. The van der Waals surface area contributed by atoms with E-state index in [0.717, 1.165) is 32.4 Å². The molecule has 0 unspecified atom stereocenters. The summed E-state index contributed by atoms with van der Waals surface area (Å²) in [6.45, 7) is 12.5. The average Bonchev–Trinajstić information content (AvgIpc) is 2.73. The standard InChI is InChI=1S/C25H42N4O4/c1-23(2)15-19(16-24(3,4)17-23)14-20(33-22(31)29-10-12-32-13-11-29)21(30)27-25(18-26)6-8-28(5)9-7-25/h19-20H,6-17H2,1-5H3,(H,27,30)/t20-/m0/s1. The summed E-state index contributed by atoms with van der Waals surface area (Å²) in [5, 5.41) is 12.9. The van der Waals surface area contributed by atoms with Gasteiger partial charge in [-0.25, -0.2) is 4.79 Å². The van der Waals surface area contributed by atoms with Gasteiger partial charge >= 0.3 is 6.09 Å². The quantitative estimate of drug-likeness (QED) is 0.674. The van der Waals surface area contributed by atoms with Crippen molar-refractivity contribution in [3.8, 4) is 6.07 Å². The van der Waals surface area contributed by atoms with E-state index in [1.54, 1.807) is 4.90 Å². The Morgan fingerprint density at radius 2 is 1.67 bits per heavy atom. The lowest BCUT2D eigenvalue weighted by atomic mass is 9.60. The van der Waals surface area contributed by atoms with Gasteiger partial charge in [0, 0.05) is 26.2 Å². The molecule has 8 nitrogen and oxygen atoms in total. The average molecular weight is 463 g/mol. The second kappa shape index (κ2) is 10.2. The molecule has 3 rings (SSSR count). The van der Waals surface area contributed by atoms with Gasteiger partial charge in [0.05, 0.1) is 19.3 Å². The number of nitrogens with one attached hydrogen (secondary N) is 1. The third kappa shape index (κ3) is 7.07. The van der Waals surface area contributed by atoms with Gasteiger partial charge in [0.15, 0.2) is 6.10 Å². The number of nitrogens with zero attached hydrogens (tertiary/aromatic N) is 3. The highest BCUT2D eigenvalue weighted by atomic mass is 16.6. The zero-order valence-electron chi connectivity index (χ0n) is 21.1. The minimum absolute atomic E-state index is 0.170. The highest BCUT2D eigenvalue weighted by Gasteiger charge is 2.43. The van der Waals surface area contributed by atoms with Gasteiger partial charge in [-0.1, -0.05) is 27.7 Å². The van der Waals surface area contributed by atoms with Gasteiger partial charge in [0.2, 0.25) is 0 Å². The first kappa shape index (κ1) is 25.8. The number of likely N-dealkylation sites (tertiary alicyclic amines) is 1. The predicted octanol–water partition coefficient (Wildman–Crippen LogP) is 3.17. The number of amides is 2. The summed E-state index contributed by atoms with van der Waals surface area (Å²) in [5.41, 5.74) is -0.564. The van der Waals surface area contributed by atoms with Gasteiger partial charge in [-0.05, 0) is 62.3 Å². The minimum Gasteiger partial charge on any atom is -0.436 e. The van der Waals surface area contributed by atoms with Gasteiger partial charge < -0.3 is 24.6 Å². The summed E-state index contributed by atoms with van der Waals surface area (Å²) in [7, 11) is 2.02. The second-order valence-corrected chi connectivity index (χ2v) is 12.0. The Kier molecular flexibility index (Phi) is 7.95. The maximum atomic E-state index is 13.5. The first-order valence-corrected chi connectivity index (χ1v) is 12.4. The van der Waals surface area contributed by atoms with Crippen LogP contribution in [0, 0.1) is 28.1 Å². The third-order valence-electron chi connectivity index (χ3n) is 7.41. The van der Waals surface area contributed by atoms with Gasteiger partial charge in [-0.2, -0.15) is 5.26 Å². The van der Waals surface area contributed by atoms with Crippen molar-refractivity contribution in [3.63, 3.8) is 0 Å². The van der Waals surface area contributed by atoms with Gasteiger partial charge in [0.25, 0.3) is 5.91 Å². The molecule has 1 atom stereocenters. The molecule has 2 aliphatic heterocycles. The second-order valence-electron chi connectivity index (χ2n) is 12.0. The molecule has 8 heteroatoms. The van der Waals surface area contributed by atoms with Crippen molar-refractivity contribution in [1.82, 2.24) is 15.1 Å². The molecule has 33 heavy (non-hydrogen) atoms. The van der Waals surface area contributed by atoms with E-state index in [1.807, 2.05) is 7.05 Å². The van der Waals surface area contributed by atoms with Crippen LogP contribution in [0.5, 0.6) is 0 Å². The maximum Gasteiger partial charge on any atom is 0.410 e. The first-order valence-electron chi connectivity index (χ1n) is 12.4. The number of rotatable bonds is 5. The molecule has 0 radical (unpaired) electrons. The van der Waals surface area contributed by atoms with Crippen molar-refractivity contribution in [2.75, 3.05) is 46.4 Å². The van der Waals surface area contributed by atoms with Crippen LogP contribution in [0.3, 0.4) is 0 Å². The smallest absolute Gasteiger partial charge is 0.410 e. The Balaban J connectivity index is 1.75. The van der Waals surface area contributed by atoms with Crippen LogP contribution in [0.25, 0.3) is 0 Å². The van der Waals surface area contributed by atoms with E-state index in [0.29, 0.717) is 45.6 Å². The van der Waals surface area contributed by atoms with Crippen molar-refractivity contribution in [1.29, 1.82) is 5.26 Å². The number of hydrogen-bond donors (Lipinski definition) is 1. The predicted molar refractivity (Wildman–Crippen MR) is 125 cm³/mol. The molecule has 1 aliphatic carbocycles. The number of carbonyl (C=O) groups excluding carboxylic acids is 2. The molecular weight excluding hydrogens is 420 g/mol. The molecule has 0 bridgehead atoms. The first-order chi connectivity index (χ1) is 15.4. The van der Waals surface area contributed by atoms with E-state index in [1.165, 1.54) is 0 Å². The topological polar surface area (TPSA) is 94.9 Å². The summed E-state index contributed by atoms with van der Waals surface area (Å²) < 4.78 is 11.2. The molecule has 0 aromatic rings. The molecule has 0 aromatic heterocycles. The lowest BCUT2D eigenvalue weighted by molar-refractivity contribution is -0.134. The van der Waals surface area contributed by atoms with E-state index < -0.39 is 17.7 Å². The molecule has 186 valence electrons. The number of ether oxygens (including phenoxy) is 2. The normalized spacial score (nSPS) is 26.1. The van der Waals surface area contributed by atoms with Gasteiger partial charge in [-0.3, -0.25) is 4.79 Å². The highest BCUT2D eigenvalue weighted by Crippen LogP contribution is 2.49. The zero-order valence-corrected chi connectivity index (χ0v) is 21.1. The van der Waals surface area contributed by atoms with E-state index in [2.05, 4.69) is 44.0 Å². The number of hydrogen-bond acceptors (Lipinski definition) is 6. The molecule has 3 fully saturated rings. The van der Waals surface area contributed by atoms with Gasteiger partial charge in [0.1, 0.15) is 5.54 Å². The fourth-order valence-electron chi connectivity index (χ4n) is 6.28. The van der Waals surface area contributed by atoms with Crippen LogP contribution in [0.15, 0.2) is 0 Å². The lowest BCUT2D eigenvalue weighted by Gasteiger charge is -2.45. The third-order valence-corrected chi connectivity index (χ3v) is 7.41. The van der Waals surface area contributed by atoms with E-state index in [-0.39, 0.29) is 22.7 Å². The molecule has 0 aromatic carbocycles. The molecule has 3 aliphatic rings. The fourth-order valence-corrected chi connectivity index (χ4v) is 6.28. The Labute approximate surface area is 198 Å². The van der Waals surface area contributed by atoms with Crippen molar-refractivity contribution in [3.05, 3.63) is 0 Å². The van der Waals surface area contributed by atoms with Crippen molar-refractivity contribution in [2.45, 2.75) is 77.9 Å². The monoisotopic (exact) mass is 462 g/mol. The number of nitriles is 1. The molecule has 1 saturated carbocycles. The highest BCUT2D eigenvalue weighted by molar-refractivity contribution is 5.84. The summed E-state index contributed by atoms with van der Waals surface area (Å²) in [6, 6.07) is 2.34. The summed E-state index contributed by atoms with van der Waals surface area (Å²) in [6.07, 6.45) is 3.36. The number of morpholine rings is 1. The summed E-state index contributed by atoms with van der Waals surface area (Å²) >= 11 is 0. The van der Waals surface area contributed by atoms with Crippen LogP contribution in [0.2, 0.25) is 0 Å². The maximum absolute atomic E-state index is 13.5. The molecule has 0 spiro atoms. The van der Waals surface area contributed by atoms with E-state index in [4.69, 9.17) is 9.47 Å². The van der Waals surface area contributed by atoms with Crippen LogP contribution < -0.4 is 5.32 Å². The van der Waals surface area contributed by atoms with Crippen molar-refractivity contribution in [2.24, 2.45) is 16.7 Å². The van der Waals surface area contributed by atoms with E-state index in [9.17, 15) is 14.9 Å².